The van der Waals surface area contributed by atoms with E-state index in [1.165, 1.54) is 0 Å². The van der Waals surface area contributed by atoms with Crippen LogP contribution in [0, 0.1) is 24.2 Å². The molecule has 0 aromatic carbocycles. The molecular formula is C10H19N. The predicted octanol–water partition coefficient (Wildman–Crippen LogP) is 1.89. The minimum Gasteiger partial charge on any atom is -0.303 e. The summed E-state index contributed by atoms with van der Waals surface area (Å²) in [5, 5.41) is 3.33. The summed E-state index contributed by atoms with van der Waals surface area (Å²) in [4.78, 5) is 0. The van der Waals surface area contributed by atoms with Gasteiger partial charge in [0.25, 0.3) is 0 Å². The average molecular weight is 153 g/mol. The average Bonchev–Trinajstić information content (AvgIpc) is 1.87. The lowest BCUT2D eigenvalue weighted by Gasteiger charge is -2.17. The van der Waals surface area contributed by atoms with Gasteiger partial charge in [-0.1, -0.05) is 33.6 Å². The standard InChI is InChI=1S/C10H19N/c1-6-10(9(4)5)11-7-8(2)3/h1,8-11H,7H2,2-5H3. The Kier molecular flexibility index (Phi) is 4.98. The molecule has 1 N–H and O–H groups in total. The van der Waals surface area contributed by atoms with Crippen molar-refractivity contribution in [2.45, 2.75) is 33.7 Å². The van der Waals surface area contributed by atoms with Gasteiger partial charge >= 0.3 is 0 Å². The van der Waals surface area contributed by atoms with Crippen LogP contribution >= 0.6 is 0 Å². The molecule has 0 bridgehead atoms. The first kappa shape index (κ1) is 10.5. The van der Waals surface area contributed by atoms with Crippen molar-refractivity contribution in [2.75, 3.05) is 6.54 Å². The van der Waals surface area contributed by atoms with E-state index in [4.69, 9.17) is 6.42 Å². The van der Waals surface area contributed by atoms with Crippen molar-refractivity contribution in [3.8, 4) is 12.3 Å². The number of rotatable bonds is 4. The number of hydrogen-bond donors (Lipinski definition) is 1. The SMILES string of the molecule is C#CC(NCC(C)C)C(C)C. The molecule has 0 spiro atoms. The molecule has 0 rings (SSSR count). The molecule has 64 valence electrons. The molecule has 0 aliphatic heterocycles. The third-order valence-electron chi connectivity index (χ3n) is 1.59. The maximum absolute atomic E-state index is 5.35. The first-order valence-electron chi connectivity index (χ1n) is 4.27. The van der Waals surface area contributed by atoms with Crippen LogP contribution in [0.4, 0.5) is 0 Å². The Morgan fingerprint density at radius 1 is 1.27 bits per heavy atom. The molecule has 1 nitrogen and oxygen atoms in total. The monoisotopic (exact) mass is 153 g/mol. The van der Waals surface area contributed by atoms with Gasteiger partial charge in [-0.15, -0.1) is 6.42 Å². The van der Waals surface area contributed by atoms with Crippen LogP contribution in [-0.2, 0) is 0 Å². The van der Waals surface area contributed by atoms with E-state index in [0.29, 0.717) is 11.8 Å². The van der Waals surface area contributed by atoms with Crippen LogP contribution in [-0.4, -0.2) is 12.6 Å². The Labute approximate surface area is 70.6 Å². The summed E-state index contributed by atoms with van der Waals surface area (Å²) in [6.45, 7) is 9.64. The number of nitrogens with one attached hydrogen (secondary N) is 1. The zero-order valence-electron chi connectivity index (χ0n) is 8.02. The van der Waals surface area contributed by atoms with Gasteiger partial charge in [0.2, 0.25) is 0 Å². The van der Waals surface area contributed by atoms with Crippen molar-refractivity contribution in [1.82, 2.24) is 5.32 Å². The van der Waals surface area contributed by atoms with Crippen LogP contribution in [0.15, 0.2) is 0 Å². The summed E-state index contributed by atoms with van der Waals surface area (Å²) < 4.78 is 0. The molecular weight excluding hydrogens is 134 g/mol. The van der Waals surface area contributed by atoms with Crippen molar-refractivity contribution >= 4 is 0 Å². The third kappa shape index (κ3) is 4.86. The topological polar surface area (TPSA) is 12.0 Å². The molecule has 0 saturated heterocycles. The van der Waals surface area contributed by atoms with E-state index in [1.54, 1.807) is 0 Å². The lowest BCUT2D eigenvalue weighted by Crippen LogP contribution is -2.34. The summed E-state index contributed by atoms with van der Waals surface area (Å²) in [6.07, 6.45) is 5.35. The third-order valence-corrected chi connectivity index (χ3v) is 1.59. The van der Waals surface area contributed by atoms with Gasteiger partial charge in [-0.25, -0.2) is 0 Å². The highest BCUT2D eigenvalue weighted by Gasteiger charge is 2.08. The largest absolute Gasteiger partial charge is 0.303 e. The van der Waals surface area contributed by atoms with Gasteiger partial charge in [-0.3, -0.25) is 0 Å². The Morgan fingerprint density at radius 2 is 1.82 bits per heavy atom. The van der Waals surface area contributed by atoms with Gasteiger partial charge in [0.15, 0.2) is 0 Å². The minimum atomic E-state index is 0.234. The maximum Gasteiger partial charge on any atom is 0.0710 e. The van der Waals surface area contributed by atoms with Crippen LogP contribution in [0.3, 0.4) is 0 Å². The molecule has 11 heavy (non-hydrogen) atoms. The van der Waals surface area contributed by atoms with Gasteiger partial charge in [-0.05, 0) is 18.4 Å². The van der Waals surface area contributed by atoms with Crippen LogP contribution in [0.25, 0.3) is 0 Å². The molecule has 0 aromatic heterocycles. The van der Waals surface area contributed by atoms with E-state index in [-0.39, 0.29) is 6.04 Å². The lowest BCUT2D eigenvalue weighted by atomic mass is 10.0. The molecule has 1 unspecified atom stereocenters. The minimum absolute atomic E-state index is 0.234. The zero-order valence-corrected chi connectivity index (χ0v) is 8.02. The van der Waals surface area contributed by atoms with Crippen molar-refractivity contribution in [3.63, 3.8) is 0 Å². The van der Waals surface area contributed by atoms with Gasteiger partial charge in [0.05, 0.1) is 6.04 Å². The van der Waals surface area contributed by atoms with E-state index in [0.717, 1.165) is 6.54 Å². The predicted molar refractivity (Wildman–Crippen MR) is 50.3 cm³/mol. The van der Waals surface area contributed by atoms with Crippen molar-refractivity contribution in [3.05, 3.63) is 0 Å². The fraction of sp³-hybridized carbons (Fsp3) is 0.800. The Hall–Kier alpha value is -0.480. The Morgan fingerprint density at radius 3 is 2.09 bits per heavy atom. The summed E-state index contributed by atoms with van der Waals surface area (Å²) in [7, 11) is 0. The first-order chi connectivity index (χ1) is 5.07. The molecule has 0 heterocycles. The molecule has 0 aromatic rings. The highest BCUT2D eigenvalue weighted by molar-refractivity contribution is 5.00. The smallest absolute Gasteiger partial charge is 0.0710 e. The molecule has 1 heteroatoms. The van der Waals surface area contributed by atoms with Gasteiger partial charge in [0.1, 0.15) is 0 Å². The Balaban J connectivity index is 3.64. The van der Waals surface area contributed by atoms with Crippen LogP contribution in [0.2, 0.25) is 0 Å². The van der Waals surface area contributed by atoms with Crippen LogP contribution < -0.4 is 5.32 Å². The molecule has 0 saturated carbocycles. The van der Waals surface area contributed by atoms with E-state index in [9.17, 15) is 0 Å². The highest BCUT2D eigenvalue weighted by atomic mass is 14.9. The number of hydrogen-bond acceptors (Lipinski definition) is 1. The number of terminal acetylenes is 1. The van der Waals surface area contributed by atoms with E-state index in [1.807, 2.05) is 0 Å². The summed E-state index contributed by atoms with van der Waals surface area (Å²) in [6, 6.07) is 0.234. The van der Waals surface area contributed by atoms with Gasteiger partial charge in [0, 0.05) is 0 Å². The molecule has 0 fully saturated rings. The molecule has 0 amide bonds. The molecule has 0 aliphatic rings. The second kappa shape index (κ2) is 5.21. The fourth-order valence-electron chi connectivity index (χ4n) is 0.850. The van der Waals surface area contributed by atoms with E-state index >= 15 is 0 Å². The molecule has 0 aliphatic carbocycles. The van der Waals surface area contributed by atoms with E-state index in [2.05, 4.69) is 38.9 Å². The summed E-state index contributed by atoms with van der Waals surface area (Å²) in [5.41, 5.74) is 0. The second-order valence-electron chi connectivity index (χ2n) is 3.69. The van der Waals surface area contributed by atoms with Crippen LogP contribution in [0.5, 0.6) is 0 Å². The zero-order chi connectivity index (χ0) is 8.85. The van der Waals surface area contributed by atoms with E-state index < -0.39 is 0 Å². The molecule has 1 atom stereocenters. The highest BCUT2D eigenvalue weighted by Crippen LogP contribution is 2.00. The van der Waals surface area contributed by atoms with Crippen molar-refractivity contribution in [1.29, 1.82) is 0 Å². The summed E-state index contributed by atoms with van der Waals surface area (Å²) >= 11 is 0. The quantitative estimate of drug-likeness (QED) is 0.608. The van der Waals surface area contributed by atoms with Gasteiger partial charge < -0.3 is 5.32 Å². The lowest BCUT2D eigenvalue weighted by molar-refractivity contribution is 0.441. The normalized spacial score (nSPS) is 13.5. The Bertz CT molecular complexity index is 130. The maximum atomic E-state index is 5.35. The van der Waals surface area contributed by atoms with Crippen LogP contribution in [0.1, 0.15) is 27.7 Å². The molecule has 0 radical (unpaired) electrons. The summed E-state index contributed by atoms with van der Waals surface area (Å²) in [5.74, 6) is 3.94. The van der Waals surface area contributed by atoms with Gasteiger partial charge in [-0.2, -0.15) is 0 Å². The second-order valence-corrected chi connectivity index (χ2v) is 3.69. The first-order valence-corrected chi connectivity index (χ1v) is 4.27. The van der Waals surface area contributed by atoms with Crippen molar-refractivity contribution < 1.29 is 0 Å². The van der Waals surface area contributed by atoms with Crippen molar-refractivity contribution in [2.24, 2.45) is 11.8 Å². The fourth-order valence-corrected chi connectivity index (χ4v) is 0.850.